The molecule has 1 aliphatic rings. The number of ether oxygens (including phenoxy) is 1. The summed E-state index contributed by atoms with van der Waals surface area (Å²) in [6.07, 6.45) is 4.70. The first-order valence-electron chi connectivity index (χ1n) is 7.54. The minimum Gasteiger partial charge on any atom is -0.442 e. The molecule has 122 valence electrons. The van der Waals surface area contributed by atoms with E-state index in [0.717, 1.165) is 11.3 Å². The number of aromatic nitrogens is 4. The molecule has 1 fully saturated rings. The van der Waals surface area contributed by atoms with Gasteiger partial charge in [-0.25, -0.2) is 9.78 Å². The maximum atomic E-state index is 12.1. The van der Waals surface area contributed by atoms with E-state index >= 15 is 0 Å². The monoisotopic (exact) mass is 325 g/mol. The van der Waals surface area contributed by atoms with Crippen molar-refractivity contribution in [2.75, 3.05) is 11.4 Å². The van der Waals surface area contributed by atoms with Crippen molar-refractivity contribution < 1.29 is 14.1 Å². The van der Waals surface area contributed by atoms with Gasteiger partial charge in [0.15, 0.2) is 5.82 Å². The van der Waals surface area contributed by atoms with Gasteiger partial charge in [0.1, 0.15) is 6.10 Å². The fourth-order valence-corrected chi connectivity index (χ4v) is 2.66. The van der Waals surface area contributed by atoms with Crippen LogP contribution in [0.3, 0.4) is 0 Å². The Labute approximate surface area is 137 Å². The third kappa shape index (κ3) is 2.73. The normalized spacial score (nSPS) is 17.3. The number of cyclic esters (lactones) is 1. The highest BCUT2D eigenvalue weighted by Gasteiger charge is 2.32. The van der Waals surface area contributed by atoms with Gasteiger partial charge in [0.25, 0.3) is 5.89 Å². The highest BCUT2D eigenvalue weighted by atomic mass is 16.6. The third-order valence-electron chi connectivity index (χ3n) is 3.80. The Morgan fingerprint density at radius 1 is 1.29 bits per heavy atom. The summed E-state index contributed by atoms with van der Waals surface area (Å²) in [6.45, 7) is 2.85. The van der Waals surface area contributed by atoms with E-state index in [1.807, 2.05) is 35.0 Å². The van der Waals surface area contributed by atoms with Crippen molar-refractivity contribution in [1.29, 1.82) is 0 Å². The van der Waals surface area contributed by atoms with Crippen LogP contribution in [0.2, 0.25) is 0 Å². The van der Waals surface area contributed by atoms with Gasteiger partial charge in [-0.2, -0.15) is 4.98 Å². The van der Waals surface area contributed by atoms with Gasteiger partial charge in [-0.15, -0.1) is 0 Å². The summed E-state index contributed by atoms with van der Waals surface area (Å²) < 4.78 is 12.4. The van der Waals surface area contributed by atoms with Gasteiger partial charge in [0.05, 0.1) is 19.4 Å². The van der Waals surface area contributed by atoms with E-state index in [0.29, 0.717) is 24.8 Å². The molecular formula is C16H15N5O3. The quantitative estimate of drug-likeness (QED) is 0.731. The number of hydrogen-bond acceptors (Lipinski definition) is 6. The molecular weight excluding hydrogens is 310 g/mol. The molecule has 0 spiro atoms. The first kappa shape index (κ1) is 14.4. The first-order chi connectivity index (χ1) is 11.7. The molecule has 1 aromatic carbocycles. The van der Waals surface area contributed by atoms with Gasteiger partial charge >= 0.3 is 6.09 Å². The zero-order valence-electron chi connectivity index (χ0n) is 13.0. The predicted molar refractivity (Wildman–Crippen MR) is 84.3 cm³/mol. The van der Waals surface area contributed by atoms with Gasteiger partial charge in [-0.05, 0) is 31.2 Å². The molecule has 3 aromatic rings. The number of rotatable bonds is 4. The molecule has 1 unspecified atom stereocenters. The molecule has 3 heterocycles. The third-order valence-corrected chi connectivity index (χ3v) is 3.80. The minimum atomic E-state index is -0.346. The topological polar surface area (TPSA) is 86.3 Å². The average molecular weight is 325 g/mol. The van der Waals surface area contributed by atoms with Gasteiger partial charge in [0, 0.05) is 23.6 Å². The molecule has 0 radical (unpaired) electrons. The number of nitrogens with zero attached hydrogens (tertiary/aromatic N) is 5. The summed E-state index contributed by atoms with van der Waals surface area (Å²) in [7, 11) is 0. The average Bonchev–Trinajstić information content (AvgIpc) is 3.30. The lowest BCUT2D eigenvalue weighted by Gasteiger charge is -2.13. The summed E-state index contributed by atoms with van der Waals surface area (Å²) in [4.78, 5) is 21.9. The number of hydrogen-bond donors (Lipinski definition) is 0. The Bertz CT molecular complexity index is 841. The minimum absolute atomic E-state index is 0.204. The standard InChI is InChI=1S/C16H15N5O3/c1-11-18-15(24-19-11)12-2-4-13(5-3-12)21-9-14(23-16(21)22)8-20-7-6-17-10-20/h2-7,10,14H,8-9H2,1H3. The summed E-state index contributed by atoms with van der Waals surface area (Å²) in [6, 6.07) is 7.38. The summed E-state index contributed by atoms with van der Waals surface area (Å²) >= 11 is 0. The van der Waals surface area contributed by atoms with Crippen molar-refractivity contribution in [3.05, 3.63) is 48.8 Å². The van der Waals surface area contributed by atoms with Crippen molar-refractivity contribution >= 4 is 11.8 Å². The van der Waals surface area contributed by atoms with Gasteiger partial charge in [0.2, 0.25) is 0 Å². The second kappa shape index (κ2) is 5.80. The van der Waals surface area contributed by atoms with Crippen molar-refractivity contribution in [2.24, 2.45) is 0 Å². The molecule has 0 bridgehead atoms. The van der Waals surface area contributed by atoms with Crippen molar-refractivity contribution in [3.63, 3.8) is 0 Å². The van der Waals surface area contributed by atoms with Crippen molar-refractivity contribution in [2.45, 2.75) is 19.6 Å². The first-order valence-corrected chi connectivity index (χ1v) is 7.54. The van der Waals surface area contributed by atoms with Crippen LogP contribution in [-0.2, 0) is 11.3 Å². The lowest BCUT2D eigenvalue weighted by molar-refractivity contribution is 0.132. The Balaban J connectivity index is 1.48. The largest absolute Gasteiger partial charge is 0.442 e. The highest BCUT2D eigenvalue weighted by molar-refractivity contribution is 5.90. The molecule has 1 saturated heterocycles. The number of carbonyl (C=O) groups is 1. The Hall–Kier alpha value is -3.16. The summed E-state index contributed by atoms with van der Waals surface area (Å²) in [5, 5.41) is 3.77. The maximum absolute atomic E-state index is 12.1. The van der Waals surface area contributed by atoms with E-state index in [1.54, 1.807) is 24.3 Å². The molecule has 1 amide bonds. The van der Waals surface area contributed by atoms with Gasteiger partial charge in [-0.3, -0.25) is 4.90 Å². The van der Waals surface area contributed by atoms with Gasteiger partial charge < -0.3 is 13.8 Å². The van der Waals surface area contributed by atoms with Crippen molar-refractivity contribution in [3.8, 4) is 11.5 Å². The molecule has 0 N–H and O–H groups in total. The van der Waals surface area contributed by atoms with Crippen LogP contribution >= 0.6 is 0 Å². The maximum Gasteiger partial charge on any atom is 0.414 e. The zero-order chi connectivity index (χ0) is 16.5. The van der Waals surface area contributed by atoms with E-state index in [-0.39, 0.29) is 12.2 Å². The smallest absolute Gasteiger partial charge is 0.414 e. The van der Waals surface area contributed by atoms with Crippen molar-refractivity contribution in [1.82, 2.24) is 19.7 Å². The molecule has 1 atom stereocenters. The van der Waals surface area contributed by atoms with Crippen LogP contribution in [0, 0.1) is 6.92 Å². The number of anilines is 1. The highest BCUT2D eigenvalue weighted by Crippen LogP contribution is 2.25. The number of aryl methyl sites for hydroxylation is 1. The second-order valence-corrected chi connectivity index (χ2v) is 5.57. The van der Waals surface area contributed by atoms with Crippen LogP contribution in [0.25, 0.3) is 11.5 Å². The summed E-state index contributed by atoms with van der Waals surface area (Å²) in [5.41, 5.74) is 1.58. The number of amides is 1. The van der Waals surface area contributed by atoms with E-state index in [1.165, 1.54) is 0 Å². The Kier molecular flexibility index (Phi) is 3.49. The van der Waals surface area contributed by atoms with Crippen LogP contribution in [-0.4, -0.2) is 38.4 Å². The molecule has 8 nitrogen and oxygen atoms in total. The predicted octanol–water partition coefficient (Wildman–Crippen LogP) is 2.27. The fourth-order valence-electron chi connectivity index (χ4n) is 2.66. The molecule has 0 aliphatic carbocycles. The zero-order valence-corrected chi connectivity index (χ0v) is 13.0. The van der Waals surface area contributed by atoms with Crippen LogP contribution in [0.1, 0.15) is 5.82 Å². The molecule has 0 saturated carbocycles. The number of imidazole rings is 1. The molecule has 2 aromatic heterocycles. The second-order valence-electron chi connectivity index (χ2n) is 5.57. The number of benzene rings is 1. The van der Waals surface area contributed by atoms with E-state index in [2.05, 4.69) is 15.1 Å². The fraction of sp³-hybridized carbons (Fsp3) is 0.250. The van der Waals surface area contributed by atoms with Gasteiger partial charge in [-0.1, -0.05) is 5.16 Å². The summed E-state index contributed by atoms with van der Waals surface area (Å²) in [5.74, 6) is 1.04. The Morgan fingerprint density at radius 3 is 2.79 bits per heavy atom. The molecule has 1 aliphatic heterocycles. The molecule has 8 heteroatoms. The van der Waals surface area contributed by atoms with Crippen LogP contribution in [0.5, 0.6) is 0 Å². The van der Waals surface area contributed by atoms with Crippen LogP contribution < -0.4 is 4.90 Å². The lowest BCUT2D eigenvalue weighted by atomic mass is 10.2. The lowest BCUT2D eigenvalue weighted by Crippen LogP contribution is -2.25. The van der Waals surface area contributed by atoms with E-state index in [9.17, 15) is 4.79 Å². The Morgan fingerprint density at radius 2 is 2.12 bits per heavy atom. The van der Waals surface area contributed by atoms with E-state index < -0.39 is 0 Å². The van der Waals surface area contributed by atoms with Crippen LogP contribution in [0.4, 0.5) is 10.5 Å². The molecule has 4 rings (SSSR count). The number of carbonyl (C=O) groups excluding carboxylic acids is 1. The molecule has 24 heavy (non-hydrogen) atoms. The van der Waals surface area contributed by atoms with Crippen LogP contribution in [0.15, 0.2) is 47.5 Å². The SMILES string of the molecule is Cc1noc(-c2ccc(N3CC(Cn4ccnc4)OC3=O)cc2)n1. The van der Waals surface area contributed by atoms with E-state index in [4.69, 9.17) is 9.26 Å².